The second kappa shape index (κ2) is 6.18. The number of nitrogens with one attached hydrogen (secondary N) is 2. The Kier molecular flexibility index (Phi) is 4.50. The predicted octanol–water partition coefficient (Wildman–Crippen LogP) is 5.01. The highest BCUT2D eigenvalue weighted by atomic mass is 19.1. The van der Waals surface area contributed by atoms with Crippen molar-refractivity contribution in [2.24, 2.45) is 0 Å². The van der Waals surface area contributed by atoms with Crippen molar-refractivity contribution in [3.63, 3.8) is 0 Å². The molecule has 0 atom stereocenters. The van der Waals surface area contributed by atoms with Crippen LogP contribution in [0.15, 0.2) is 30.8 Å². The topological polar surface area (TPSA) is 24.1 Å². The molecule has 0 radical (unpaired) electrons. The number of rotatable bonds is 4. The maximum Gasteiger partial charge on any atom is 0.149 e. The van der Waals surface area contributed by atoms with E-state index in [1.54, 1.807) is 7.05 Å². The molecule has 4 heteroatoms. The van der Waals surface area contributed by atoms with Gasteiger partial charge in [-0.1, -0.05) is 18.2 Å². The van der Waals surface area contributed by atoms with E-state index in [-0.39, 0.29) is 11.4 Å². The van der Waals surface area contributed by atoms with E-state index in [4.69, 9.17) is 0 Å². The van der Waals surface area contributed by atoms with E-state index in [1.165, 1.54) is 6.07 Å². The van der Waals surface area contributed by atoms with Gasteiger partial charge in [-0.15, -0.1) is 0 Å². The Labute approximate surface area is 129 Å². The van der Waals surface area contributed by atoms with Crippen LogP contribution in [-0.4, -0.2) is 7.05 Å². The molecule has 0 aliphatic carbocycles. The van der Waals surface area contributed by atoms with Gasteiger partial charge in [-0.2, -0.15) is 0 Å². The molecule has 0 saturated carbocycles. The van der Waals surface area contributed by atoms with Gasteiger partial charge in [-0.3, -0.25) is 0 Å². The summed E-state index contributed by atoms with van der Waals surface area (Å²) in [5.74, 6) is -1.28. The second-order valence-corrected chi connectivity index (χ2v) is 5.42. The van der Waals surface area contributed by atoms with E-state index in [1.807, 2.05) is 26.8 Å². The summed E-state index contributed by atoms with van der Waals surface area (Å²) < 4.78 is 27.4. The van der Waals surface area contributed by atoms with Gasteiger partial charge in [0.2, 0.25) is 0 Å². The fourth-order valence-corrected chi connectivity index (χ4v) is 2.42. The average molecular weight is 302 g/mol. The van der Waals surface area contributed by atoms with Crippen molar-refractivity contribution in [1.29, 1.82) is 0 Å². The number of hydrogen-bond acceptors (Lipinski definition) is 2. The molecule has 22 heavy (non-hydrogen) atoms. The molecule has 0 bridgehead atoms. The Morgan fingerprint density at radius 2 is 1.59 bits per heavy atom. The van der Waals surface area contributed by atoms with Crippen molar-refractivity contribution in [1.82, 2.24) is 0 Å². The molecule has 0 spiro atoms. The summed E-state index contributed by atoms with van der Waals surface area (Å²) in [5, 5.41) is 5.64. The minimum Gasteiger partial charge on any atom is -0.386 e. The number of aryl methyl sites for hydroxylation is 2. The molecule has 0 amide bonds. The zero-order valence-electron chi connectivity index (χ0n) is 13.3. The molecule has 2 aromatic rings. The molecule has 0 fully saturated rings. The van der Waals surface area contributed by atoms with Crippen LogP contribution in [0.2, 0.25) is 0 Å². The van der Waals surface area contributed by atoms with Crippen LogP contribution in [0.3, 0.4) is 0 Å². The van der Waals surface area contributed by atoms with Gasteiger partial charge in [-0.25, -0.2) is 8.78 Å². The molecule has 0 saturated heterocycles. The van der Waals surface area contributed by atoms with Crippen molar-refractivity contribution in [3.05, 3.63) is 64.7 Å². The van der Waals surface area contributed by atoms with Crippen LogP contribution < -0.4 is 10.6 Å². The summed E-state index contributed by atoms with van der Waals surface area (Å²) in [6.07, 6.45) is 0. The number of halogens is 2. The minimum atomic E-state index is -0.653. The molecule has 2 nitrogen and oxygen atoms in total. The van der Waals surface area contributed by atoms with Gasteiger partial charge in [-0.05, 0) is 44.0 Å². The first-order valence-electron chi connectivity index (χ1n) is 7.04. The van der Waals surface area contributed by atoms with Crippen LogP contribution in [0.25, 0.3) is 5.70 Å². The minimum absolute atomic E-state index is 0.189. The quantitative estimate of drug-likeness (QED) is 0.829. The normalized spacial score (nSPS) is 10.5. The Morgan fingerprint density at radius 3 is 2.23 bits per heavy atom. The SMILES string of the molecule is C=C(Nc1cc(NC)c(F)cc1F)c1cc(C)cc(C)c1C. The average Bonchev–Trinajstić information content (AvgIpc) is 2.45. The molecule has 0 aliphatic heterocycles. The van der Waals surface area contributed by atoms with Crippen molar-refractivity contribution in [3.8, 4) is 0 Å². The molecule has 0 unspecified atom stereocenters. The van der Waals surface area contributed by atoms with E-state index in [0.29, 0.717) is 5.70 Å². The predicted molar refractivity (Wildman–Crippen MR) is 89.2 cm³/mol. The Balaban J connectivity index is 2.38. The van der Waals surface area contributed by atoms with Gasteiger partial charge in [0.1, 0.15) is 11.6 Å². The van der Waals surface area contributed by atoms with Crippen LogP contribution in [0.4, 0.5) is 20.2 Å². The van der Waals surface area contributed by atoms with Crippen molar-refractivity contribution in [2.45, 2.75) is 20.8 Å². The van der Waals surface area contributed by atoms with Gasteiger partial charge in [0, 0.05) is 24.4 Å². The van der Waals surface area contributed by atoms with Crippen LogP contribution in [0.5, 0.6) is 0 Å². The second-order valence-electron chi connectivity index (χ2n) is 5.42. The fraction of sp³-hybridized carbons (Fsp3) is 0.222. The van der Waals surface area contributed by atoms with Crippen molar-refractivity contribution in [2.75, 3.05) is 17.7 Å². The van der Waals surface area contributed by atoms with Gasteiger partial charge in [0.15, 0.2) is 0 Å². The Hall–Kier alpha value is -2.36. The third-order valence-corrected chi connectivity index (χ3v) is 3.75. The lowest BCUT2D eigenvalue weighted by atomic mass is 9.98. The molecular weight excluding hydrogens is 282 g/mol. The van der Waals surface area contributed by atoms with E-state index < -0.39 is 11.6 Å². The molecule has 0 aliphatic rings. The van der Waals surface area contributed by atoms with E-state index >= 15 is 0 Å². The van der Waals surface area contributed by atoms with Gasteiger partial charge >= 0.3 is 0 Å². The largest absolute Gasteiger partial charge is 0.386 e. The maximum atomic E-state index is 13.9. The first-order valence-corrected chi connectivity index (χ1v) is 7.04. The number of anilines is 2. The van der Waals surface area contributed by atoms with E-state index in [9.17, 15) is 8.78 Å². The monoisotopic (exact) mass is 302 g/mol. The molecular formula is C18H20F2N2. The van der Waals surface area contributed by atoms with Gasteiger partial charge in [0.05, 0.1) is 11.4 Å². The lowest BCUT2D eigenvalue weighted by Crippen LogP contribution is -2.04. The van der Waals surface area contributed by atoms with E-state index in [0.717, 1.165) is 28.3 Å². The summed E-state index contributed by atoms with van der Waals surface area (Å²) in [4.78, 5) is 0. The molecule has 116 valence electrons. The lowest BCUT2D eigenvalue weighted by molar-refractivity contribution is 0.588. The first kappa shape index (κ1) is 16.0. The van der Waals surface area contributed by atoms with Gasteiger partial charge < -0.3 is 10.6 Å². The zero-order valence-corrected chi connectivity index (χ0v) is 13.3. The summed E-state index contributed by atoms with van der Waals surface area (Å²) in [6.45, 7) is 10.0. The van der Waals surface area contributed by atoms with Crippen LogP contribution in [0, 0.1) is 32.4 Å². The summed E-state index contributed by atoms with van der Waals surface area (Å²) in [7, 11) is 1.59. The highest BCUT2D eigenvalue weighted by Crippen LogP contribution is 2.28. The van der Waals surface area contributed by atoms with Crippen molar-refractivity contribution >= 4 is 17.1 Å². The Morgan fingerprint density at radius 1 is 0.955 bits per heavy atom. The van der Waals surface area contributed by atoms with Gasteiger partial charge in [0.25, 0.3) is 0 Å². The number of hydrogen-bond donors (Lipinski definition) is 2. The zero-order chi connectivity index (χ0) is 16.4. The summed E-state index contributed by atoms with van der Waals surface area (Å²) in [6, 6.07) is 6.34. The fourth-order valence-electron chi connectivity index (χ4n) is 2.42. The standard InChI is InChI=1S/C18H20F2N2/c1-10-6-11(2)12(3)14(7-10)13(4)22-18-9-17(21-5)15(19)8-16(18)20/h6-9,21-22H,4H2,1-3,5H3. The first-order chi connectivity index (χ1) is 10.3. The number of benzene rings is 2. The molecule has 0 aromatic heterocycles. The maximum absolute atomic E-state index is 13.9. The third kappa shape index (κ3) is 3.11. The smallest absolute Gasteiger partial charge is 0.149 e. The van der Waals surface area contributed by atoms with E-state index in [2.05, 4.69) is 23.3 Å². The van der Waals surface area contributed by atoms with Crippen LogP contribution in [0.1, 0.15) is 22.3 Å². The molecule has 0 heterocycles. The third-order valence-electron chi connectivity index (χ3n) is 3.75. The summed E-state index contributed by atoms with van der Waals surface area (Å²) in [5.41, 5.74) is 5.26. The lowest BCUT2D eigenvalue weighted by Gasteiger charge is -2.16. The highest BCUT2D eigenvalue weighted by Gasteiger charge is 2.12. The van der Waals surface area contributed by atoms with Crippen LogP contribution >= 0.6 is 0 Å². The summed E-state index contributed by atoms with van der Waals surface area (Å²) >= 11 is 0. The molecule has 2 N–H and O–H groups in total. The van der Waals surface area contributed by atoms with Crippen molar-refractivity contribution < 1.29 is 8.78 Å². The molecule has 2 aromatic carbocycles. The van der Waals surface area contributed by atoms with Crippen LogP contribution in [-0.2, 0) is 0 Å². The Bertz CT molecular complexity index is 736. The molecule has 2 rings (SSSR count). The highest BCUT2D eigenvalue weighted by molar-refractivity contribution is 5.79.